The van der Waals surface area contributed by atoms with Crippen LogP contribution in [-0.2, 0) is 11.3 Å². The van der Waals surface area contributed by atoms with Gasteiger partial charge >= 0.3 is 12.7 Å². The predicted octanol–water partition coefficient (Wildman–Crippen LogP) is 3.29. The molecule has 0 fully saturated rings. The molecule has 1 aromatic carbocycles. The summed E-state index contributed by atoms with van der Waals surface area (Å²) < 4.78 is 34.2. The lowest BCUT2D eigenvalue weighted by molar-refractivity contribution is -0.0504. The van der Waals surface area contributed by atoms with Crippen LogP contribution < -0.4 is 10.1 Å². The number of alkyl halides is 2. The summed E-state index contributed by atoms with van der Waals surface area (Å²) >= 11 is 0. The number of rotatable bonds is 4. The van der Waals surface area contributed by atoms with Crippen LogP contribution in [0.15, 0.2) is 18.2 Å². The van der Waals surface area contributed by atoms with Gasteiger partial charge in [0.1, 0.15) is 11.4 Å². The van der Waals surface area contributed by atoms with E-state index >= 15 is 0 Å². The van der Waals surface area contributed by atoms with Crippen molar-refractivity contribution in [3.8, 4) is 18.1 Å². The molecule has 1 amide bonds. The van der Waals surface area contributed by atoms with Crippen molar-refractivity contribution in [3.63, 3.8) is 0 Å². The molecule has 1 rings (SSSR count). The average Bonchev–Trinajstić information content (AvgIpc) is 2.34. The van der Waals surface area contributed by atoms with Gasteiger partial charge in [0, 0.05) is 17.7 Å². The molecule has 0 spiro atoms. The molecule has 21 heavy (non-hydrogen) atoms. The molecule has 114 valence electrons. The normalized spacial score (nSPS) is 10.9. The van der Waals surface area contributed by atoms with E-state index in [1.807, 2.05) is 0 Å². The number of alkyl carbamates (subject to hydrolysis) is 1. The number of nitrogens with one attached hydrogen (secondary N) is 1. The molecule has 0 aliphatic rings. The maximum atomic E-state index is 12.4. The van der Waals surface area contributed by atoms with E-state index in [0.29, 0.717) is 11.1 Å². The second-order valence-electron chi connectivity index (χ2n) is 5.20. The Morgan fingerprint density at radius 1 is 1.43 bits per heavy atom. The zero-order chi connectivity index (χ0) is 16.0. The molecule has 0 heterocycles. The first-order chi connectivity index (χ1) is 9.71. The Bertz CT molecular complexity index is 545. The van der Waals surface area contributed by atoms with Gasteiger partial charge in [-0.15, -0.1) is 6.42 Å². The molecule has 0 saturated carbocycles. The van der Waals surface area contributed by atoms with E-state index in [2.05, 4.69) is 16.0 Å². The summed E-state index contributed by atoms with van der Waals surface area (Å²) in [7, 11) is 0. The fourth-order valence-electron chi connectivity index (χ4n) is 1.48. The van der Waals surface area contributed by atoms with E-state index in [1.165, 1.54) is 12.1 Å². The molecule has 0 aromatic heterocycles. The summed E-state index contributed by atoms with van der Waals surface area (Å²) in [5.41, 5.74) is 0.145. The van der Waals surface area contributed by atoms with Crippen molar-refractivity contribution in [1.82, 2.24) is 5.32 Å². The zero-order valence-electron chi connectivity index (χ0n) is 12.1. The van der Waals surface area contributed by atoms with Gasteiger partial charge in [-0.1, -0.05) is 12.0 Å². The van der Waals surface area contributed by atoms with Crippen molar-refractivity contribution >= 4 is 6.09 Å². The van der Waals surface area contributed by atoms with E-state index in [9.17, 15) is 13.6 Å². The highest BCUT2D eigenvalue weighted by molar-refractivity contribution is 5.67. The number of benzene rings is 1. The molecule has 0 unspecified atom stereocenters. The molecule has 0 aliphatic carbocycles. The van der Waals surface area contributed by atoms with Gasteiger partial charge in [-0.25, -0.2) is 4.79 Å². The Labute approximate surface area is 122 Å². The van der Waals surface area contributed by atoms with E-state index in [-0.39, 0.29) is 12.3 Å². The fourth-order valence-corrected chi connectivity index (χ4v) is 1.48. The Kier molecular flexibility index (Phi) is 5.53. The quantitative estimate of drug-likeness (QED) is 0.867. The lowest BCUT2D eigenvalue weighted by atomic mass is 10.1. The maximum absolute atomic E-state index is 12.4. The third kappa shape index (κ3) is 6.13. The van der Waals surface area contributed by atoms with Gasteiger partial charge in [-0.2, -0.15) is 8.78 Å². The Hall–Kier alpha value is -2.29. The number of ether oxygens (including phenoxy) is 2. The third-order valence-corrected chi connectivity index (χ3v) is 2.27. The largest absolute Gasteiger partial charge is 0.444 e. The number of carbonyl (C=O) groups excluding carboxylic acids is 1. The van der Waals surface area contributed by atoms with Gasteiger partial charge in [-0.05, 0) is 32.9 Å². The highest BCUT2D eigenvalue weighted by atomic mass is 19.3. The molecular formula is C15H17F2NO3. The number of hydrogen-bond acceptors (Lipinski definition) is 3. The summed E-state index contributed by atoms with van der Waals surface area (Å²) in [5, 5.41) is 2.47. The SMILES string of the molecule is C#Cc1ccc(CNC(=O)OC(C)(C)C)c(OC(F)F)c1. The van der Waals surface area contributed by atoms with E-state index in [4.69, 9.17) is 11.2 Å². The highest BCUT2D eigenvalue weighted by Crippen LogP contribution is 2.22. The maximum Gasteiger partial charge on any atom is 0.407 e. The number of hydrogen-bond donors (Lipinski definition) is 1. The Balaban J connectivity index is 2.78. The minimum absolute atomic E-state index is 0.0121. The first-order valence-corrected chi connectivity index (χ1v) is 6.22. The lowest BCUT2D eigenvalue weighted by Gasteiger charge is -2.20. The summed E-state index contributed by atoms with van der Waals surface area (Å²) in [6.45, 7) is 2.18. The van der Waals surface area contributed by atoms with Crippen LogP contribution in [0.3, 0.4) is 0 Å². The van der Waals surface area contributed by atoms with Crippen molar-refractivity contribution in [3.05, 3.63) is 29.3 Å². The number of carbonyl (C=O) groups is 1. The molecule has 0 saturated heterocycles. The van der Waals surface area contributed by atoms with Crippen LogP contribution in [0, 0.1) is 12.3 Å². The van der Waals surface area contributed by atoms with Crippen LogP contribution in [0.4, 0.5) is 13.6 Å². The van der Waals surface area contributed by atoms with Crippen LogP contribution in [-0.4, -0.2) is 18.3 Å². The van der Waals surface area contributed by atoms with Crippen LogP contribution in [0.1, 0.15) is 31.9 Å². The topological polar surface area (TPSA) is 47.6 Å². The van der Waals surface area contributed by atoms with E-state index in [1.54, 1.807) is 26.8 Å². The highest BCUT2D eigenvalue weighted by Gasteiger charge is 2.17. The molecule has 4 nitrogen and oxygen atoms in total. The second kappa shape index (κ2) is 6.93. The smallest absolute Gasteiger partial charge is 0.407 e. The van der Waals surface area contributed by atoms with Crippen LogP contribution >= 0.6 is 0 Å². The number of amides is 1. The summed E-state index contributed by atoms with van der Waals surface area (Å²) in [4.78, 5) is 11.5. The van der Waals surface area contributed by atoms with E-state index in [0.717, 1.165) is 0 Å². The van der Waals surface area contributed by atoms with E-state index < -0.39 is 18.3 Å². The Morgan fingerprint density at radius 2 is 2.10 bits per heavy atom. The van der Waals surface area contributed by atoms with Gasteiger partial charge in [0.2, 0.25) is 0 Å². The molecular weight excluding hydrogens is 280 g/mol. The third-order valence-electron chi connectivity index (χ3n) is 2.27. The average molecular weight is 297 g/mol. The van der Waals surface area contributed by atoms with Gasteiger partial charge < -0.3 is 14.8 Å². The van der Waals surface area contributed by atoms with Gasteiger partial charge in [0.05, 0.1) is 0 Å². The fraction of sp³-hybridized carbons (Fsp3) is 0.400. The first-order valence-electron chi connectivity index (χ1n) is 6.22. The monoisotopic (exact) mass is 297 g/mol. The molecule has 1 N–H and O–H groups in total. The second-order valence-corrected chi connectivity index (χ2v) is 5.20. The molecule has 1 aromatic rings. The van der Waals surface area contributed by atoms with Crippen LogP contribution in [0.25, 0.3) is 0 Å². The number of halogens is 2. The minimum atomic E-state index is -2.97. The number of terminal acetylenes is 1. The van der Waals surface area contributed by atoms with Crippen molar-refractivity contribution < 1.29 is 23.0 Å². The van der Waals surface area contributed by atoms with Crippen molar-refractivity contribution in [2.24, 2.45) is 0 Å². The predicted molar refractivity (Wildman–Crippen MR) is 74.1 cm³/mol. The minimum Gasteiger partial charge on any atom is -0.444 e. The summed E-state index contributed by atoms with van der Waals surface area (Å²) in [5.74, 6) is 2.25. The Morgan fingerprint density at radius 3 is 2.62 bits per heavy atom. The summed E-state index contributed by atoms with van der Waals surface area (Å²) in [6.07, 6.45) is 4.56. The van der Waals surface area contributed by atoms with Crippen LogP contribution in [0.2, 0.25) is 0 Å². The molecule has 0 atom stereocenters. The standard InChI is InChI=1S/C15H17F2NO3/c1-5-10-6-7-11(12(8-10)20-13(16)17)9-18-14(19)21-15(2,3)4/h1,6-8,13H,9H2,2-4H3,(H,18,19). The van der Waals surface area contributed by atoms with Gasteiger partial charge in [0.25, 0.3) is 0 Å². The summed E-state index contributed by atoms with van der Waals surface area (Å²) in [6, 6.07) is 4.41. The van der Waals surface area contributed by atoms with Crippen molar-refractivity contribution in [1.29, 1.82) is 0 Å². The molecule has 0 radical (unpaired) electrons. The lowest BCUT2D eigenvalue weighted by Crippen LogP contribution is -2.32. The zero-order valence-corrected chi connectivity index (χ0v) is 12.1. The van der Waals surface area contributed by atoms with Crippen LogP contribution in [0.5, 0.6) is 5.75 Å². The molecule has 0 aliphatic heterocycles. The van der Waals surface area contributed by atoms with Gasteiger partial charge in [0.15, 0.2) is 0 Å². The van der Waals surface area contributed by atoms with Crippen molar-refractivity contribution in [2.45, 2.75) is 39.5 Å². The molecule has 6 heteroatoms. The first kappa shape index (κ1) is 16.8. The van der Waals surface area contributed by atoms with Crippen molar-refractivity contribution in [2.75, 3.05) is 0 Å². The van der Waals surface area contributed by atoms with Gasteiger partial charge in [-0.3, -0.25) is 0 Å². The molecule has 0 bridgehead atoms.